The van der Waals surface area contributed by atoms with Crippen molar-refractivity contribution in [2.45, 2.75) is 19.0 Å². The number of rotatable bonds is 5. The number of phenolic OH excluding ortho intramolecular Hbond substituents is 1. The van der Waals surface area contributed by atoms with Gasteiger partial charge in [-0.1, -0.05) is 23.7 Å². The molecule has 1 atom stereocenters. The van der Waals surface area contributed by atoms with Crippen molar-refractivity contribution < 1.29 is 9.90 Å². The Bertz CT molecular complexity index is 720. The predicted octanol–water partition coefficient (Wildman–Crippen LogP) is 3.60. The second-order valence-corrected chi connectivity index (χ2v) is 8.25. The number of carbonyl (C=O) groups excluding carboxylic acids is 1. The number of amides is 1. The van der Waals surface area contributed by atoms with Crippen molar-refractivity contribution in [3.63, 3.8) is 0 Å². The van der Waals surface area contributed by atoms with Crippen molar-refractivity contribution >= 4 is 40.4 Å². The van der Waals surface area contributed by atoms with Crippen LogP contribution in [-0.4, -0.2) is 52.4 Å². The van der Waals surface area contributed by atoms with Gasteiger partial charge >= 0.3 is 0 Å². The maximum atomic E-state index is 12.2. The number of halogens is 2. The molecular weight excluding hydrogens is 379 g/mol. The highest BCUT2D eigenvalue weighted by Gasteiger charge is 2.30. The van der Waals surface area contributed by atoms with E-state index < -0.39 is 0 Å². The molecule has 1 saturated heterocycles. The topological polar surface area (TPSA) is 43.8 Å². The van der Waals surface area contributed by atoms with E-state index in [1.54, 1.807) is 23.5 Å². The highest BCUT2D eigenvalue weighted by Crippen LogP contribution is 2.24. The largest absolute Gasteiger partial charge is 0.508 e. The van der Waals surface area contributed by atoms with Gasteiger partial charge in [-0.25, -0.2) is 0 Å². The Morgan fingerprint density at radius 1 is 1.20 bits per heavy atom. The third kappa shape index (κ3) is 4.88. The summed E-state index contributed by atoms with van der Waals surface area (Å²) >= 11 is 13.4. The Labute approximate surface area is 161 Å². The minimum atomic E-state index is -0.0238. The molecule has 2 heterocycles. The number of nitrogens with zero attached hydrogens (tertiary/aromatic N) is 2. The first kappa shape index (κ1) is 18.5. The molecule has 1 aliphatic heterocycles. The van der Waals surface area contributed by atoms with Crippen LogP contribution in [0.3, 0.4) is 0 Å². The molecule has 3 rings (SSSR count). The molecule has 0 aliphatic carbocycles. The van der Waals surface area contributed by atoms with Crippen molar-refractivity contribution in [1.82, 2.24) is 9.80 Å². The summed E-state index contributed by atoms with van der Waals surface area (Å²) in [4.78, 5) is 17.7. The zero-order chi connectivity index (χ0) is 17.8. The van der Waals surface area contributed by atoms with Gasteiger partial charge < -0.3 is 10.0 Å². The predicted molar refractivity (Wildman–Crippen MR) is 103 cm³/mol. The third-order valence-electron chi connectivity index (χ3n) is 4.42. The zero-order valence-corrected chi connectivity index (χ0v) is 16.0. The lowest BCUT2D eigenvalue weighted by Gasteiger charge is -2.41. The molecule has 0 bridgehead atoms. The van der Waals surface area contributed by atoms with E-state index in [1.807, 2.05) is 23.1 Å². The molecule has 7 heteroatoms. The van der Waals surface area contributed by atoms with Gasteiger partial charge in [0.1, 0.15) is 11.6 Å². The molecule has 0 spiro atoms. The Morgan fingerprint density at radius 2 is 1.96 bits per heavy atom. The Kier molecular flexibility index (Phi) is 6.23. The average Bonchev–Trinajstić information content (AvgIpc) is 3.01. The van der Waals surface area contributed by atoms with E-state index in [2.05, 4.69) is 11.0 Å². The van der Waals surface area contributed by atoms with E-state index in [9.17, 15) is 9.90 Å². The smallest absolute Gasteiger partial charge is 0.237 e. The van der Waals surface area contributed by atoms with Crippen molar-refractivity contribution in [2.75, 3.05) is 25.5 Å². The SMILES string of the molecule is O=C(CCl)N1CCN(Cc2ccc(Cl)s2)C[C@@H]1Cc1ccc(O)cc1. The molecule has 1 aromatic carbocycles. The molecule has 1 aromatic heterocycles. The fourth-order valence-corrected chi connectivity index (χ4v) is 4.49. The number of alkyl halides is 1. The number of hydrogen-bond donors (Lipinski definition) is 1. The first-order valence-corrected chi connectivity index (χ1v) is 9.88. The quantitative estimate of drug-likeness (QED) is 0.782. The summed E-state index contributed by atoms with van der Waals surface area (Å²) in [5.41, 5.74) is 1.09. The Balaban J connectivity index is 1.71. The molecule has 25 heavy (non-hydrogen) atoms. The highest BCUT2D eigenvalue weighted by molar-refractivity contribution is 7.16. The van der Waals surface area contributed by atoms with Gasteiger partial charge in [0.2, 0.25) is 5.91 Å². The molecule has 1 N–H and O–H groups in total. The monoisotopic (exact) mass is 398 g/mol. The van der Waals surface area contributed by atoms with E-state index in [4.69, 9.17) is 23.2 Å². The van der Waals surface area contributed by atoms with Crippen LogP contribution in [0, 0.1) is 0 Å². The van der Waals surface area contributed by atoms with Crippen LogP contribution in [-0.2, 0) is 17.8 Å². The van der Waals surface area contributed by atoms with E-state index in [-0.39, 0.29) is 23.6 Å². The fourth-order valence-electron chi connectivity index (χ4n) is 3.20. The van der Waals surface area contributed by atoms with Crippen LogP contribution < -0.4 is 0 Å². The maximum absolute atomic E-state index is 12.2. The second kappa shape index (κ2) is 8.41. The molecule has 0 radical (unpaired) electrons. The maximum Gasteiger partial charge on any atom is 0.237 e. The summed E-state index contributed by atoms with van der Waals surface area (Å²) in [6.45, 7) is 3.13. The number of hydrogen-bond acceptors (Lipinski definition) is 4. The molecular formula is C18H20Cl2N2O2S. The van der Waals surface area contributed by atoms with Crippen LogP contribution in [0.2, 0.25) is 4.34 Å². The van der Waals surface area contributed by atoms with Crippen LogP contribution in [0.15, 0.2) is 36.4 Å². The highest BCUT2D eigenvalue weighted by atomic mass is 35.5. The Morgan fingerprint density at radius 3 is 2.60 bits per heavy atom. The number of benzene rings is 1. The standard InChI is InChI=1S/C18H20Cl2N2O2S/c19-10-18(24)22-8-7-21(12-16-5-6-17(20)25-16)11-14(22)9-13-1-3-15(23)4-2-13/h1-6,14,23H,7-12H2/t14-/m0/s1. The van der Waals surface area contributed by atoms with Crippen LogP contribution in [0.1, 0.15) is 10.4 Å². The molecule has 1 amide bonds. The summed E-state index contributed by atoms with van der Waals surface area (Å²) in [5.74, 6) is 0.230. The van der Waals surface area contributed by atoms with Gasteiger partial charge in [0.25, 0.3) is 0 Å². The van der Waals surface area contributed by atoms with Gasteiger partial charge in [0.15, 0.2) is 0 Å². The molecule has 0 saturated carbocycles. The second-order valence-electron chi connectivity index (χ2n) is 6.19. The van der Waals surface area contributed by atoms with Crippen molar-refractivity contribution in [3.8, 4) is 5.75 Å². The summed E-state index contributed by atoms with van der Waals surface area (Å²) in [6, 6.07) is 11.2. The van der Waals surface area contributed by atoms with Crippen LogP contribution >= 0.6 is 34.5 Å². The van der Waals surface area contributed by atoms with Gasteiger partial charge in [-0.15, -0.1) is 22.9 Å². The average molecular weight is 399 g/mol. The summed E-state index contributed by atoms with van der Waals surface area (Å²) in [5, 5.41) is 9.45. The van der Waals surface area contributed by atoms with Crippen LogP contribution in [0.4, 0.5) is 0 Å². The lowest BCUT2D eigenvalue weighted by atomic mass is 10.0. The van der Waals surface area contributed by atoms with Crippen LogP contribution in [0.25, 0.3) is 0 Å². The normalized spacial score (nSPS) is 18.5. The minimum Gasteiger partial charge on any atom is -0.508 e. The van der Waals surface area contributed by atoms with Crippen LogP contribution in [0.5, 0.6) is 5.75 Å². The molecule has 2 aromatic rings. The molecule has 1 fully saturated rings. The first-order valence-electron chi connectivity index (χ1n) is 8.15. The first-order chi connectivity index (χ1) is 12.0. The summed E-state index contributed by atoms with van der Waals surface area (Å²) in [7, 11) is 0. The van der Waals surface area contributed by atoms with Crippen molar-refractivity contribution in [3.05, 3.63) is 51.2 Å². The Hall–Kier alpha value is -1.27. The fraction of sp³-hybridized carbons (Fsp3) is 0.389. The lowest BCUT2D eigenvalue weighted by Crippen LogP contribution is -2.56. The van der Waals surface area contributed by atoms with Crippen molar-refractivity contribution in [2.24, 2.45) is 0 Å². The van der Waals surface area contributed by atoms with E-state index >= 15 is 0 Å². The van der Waals surface area contributed by atoms with Gasteiger partial charge in [-0.05, 0) is 36.2 Å². The van der Waals surface area contributed by atoms with Gasteiger partial charge in [0.05, 0.1) is 4.34 Å². The van der Waals surface area contributed by atoms with E-state index in [1.165, 1.54) is 4.88 Å². The summed E-state index contributed by atoms with van der Waals surface area (Å²) in [6.07, 6.45) is 0.741. The van der Waals surface area contributed by atoms with Gasteiger partial charge in [0, 0.05) is 37.1 Å². The molecule has 4 nitrogen and oxygen atoms in total. The third-order valence-corrected chi connectivity index (χ3v) is 5.86. The van der Waals surface area contributed by atoms with E-state index in [0.717, 1.165) is 36.0 Å². The lowest BCUT2D eigenvalue weighted by molar-refractivity contribution is -0.133. The van der Waals surface area contributed by atoms with Gasteiger partial charge in [-0.2, -0.15) is 0 Å². The number of aromatic hydroxyl groups is 1. The number of phenols is 1. The van der Waals surface area contributed by atoms with E-state index in [0.29, 0.717) is 6.54 Å². The molecule has 134 valence electrons. The number of piperazine rings is 1. The van der Waals surface area contributed by atoms with Crippen molar-refractivity contribution in [1.29, 1.82) is 0 Å². The minimum absolute atomic E-state index is 0.00656. The summed E-state index contributed by atoms with van der Waals surface area (Å²) < 4.78 is 0.798. The zero-order valence-electron chi connectivity index (χ0n) is 13.7. The van der Waals surface area contributed by atoms with Gasteiger partial charge in [-0.3, -0.25) is 9.69 Å². The number of carbonyl (C=O) groups is 1. The number of thiophene rings is 1. The molecule has 0 unspecified atom stereocenters. The molecule has 1 aliphatic rings.